The van der Waals surface area contributed by atoms with Gasteiger partial charge in [0.05, 0.1) is 10.6 Å². The van der Waals surface area contributed by atoms with Gasteiger partial charge in [0.15, 0.2) is 0 Å². The molecule has 0 N–H and O–H groups in total. The molecule has 1 amide bonds. The van der Waals surface area contributed by atoms with Gasteiger partial charge in [-0.3, -0.25) is 19.8 Å². The van der Waals surface area contributed by atoms with Gasteiger partial charge in [0, 0.05) is 17.7 Å². The zero-order valence-corrected chi connectivity index (χ0v) is 16.6. The van der Waals surface area contributed by atoms with Gasteiger partial charge in [0.1, 0.15) is 11.5 Å². The molecule has 0 spiro atoms. The topological polar surface area (TPSA) is 75.8 Å². The first-order valence-corrected chi connectivity index (χ1v) is 9.45. The van der Waals surface area contributed by atoms with Gasteiger partial charge >= 0.3 is 0 Å². The highest BCUT2D eigenvalue weighted by Crippen LogP contribution is 2.28. The lowest BCUT2D eigenvalue weighted by atomic mass is 10.1. The molecule has 0 fully saturated rings. The predicted octanol–water partition coefficient (Wildman–Crippen LogP) is 5.05. The Kier molecular flexibility index (Phi) is 4.98. The first-order chi connectivity index (χ1) is 14.4. The fourth-order valence-corrected chi connectivity index (χ4v) is 3.20. The molecule has 6 nitrogen and oxygen atoms in total. The molecule has 0 unspecified atom stereocenters. The molecule has 0 saturated carbocycles. The van der Waals surface area contributed by atoms with Crippen LogP contribution in [0.4, 0.5) is 11.4 Å². The molecular formula is C24H19N3O3. The summed E-state index contributed by atoms with van der Waals surface area (Å²) >= 11 is 0. The number of nitrogens with zero attached hydrogens (tertiary/aromatic N) is 3. The van der Waals surface area contributed by atoms with Crippen LogP contribution < -0.4 is 4.90 Å². The molecule has 0 saturated heterocycles. The average molecular weight is 397 g/mol. The van der Waals surface area contributed by atoms with Crippen LogP contribution in [0.5, 0.6) is 0 Å². The van der Waals surface area contributed by atoms with E-state index in [9.17, 15) is 14.9 Å². The van der Waals surface area contributed by atoms with E-state index in [-0.39, 0.29) is 17.3 Å². The standard InChI is InChI=1S/C24H19N3O3/c1-16-3-9-19(10-4-16)23-25-22(15-18-7-13-21(14-8-18)27(29)30)24(28)26(23)20-11-5-17(2)6-12-20/h3-15H,1-2H3/b22-15+. The molecule has 0 radical (unpaired) electrons. The van der Waals surface area contributed by atoms with Crippen molar-refractivity contribution in [2.45, 2.75) is 13.8 Å². The largest absolute Gasteiger partial charge is 0.282 e. The molecule has 3 aromatic carbocycles. The molecule has 3 aromatic rings. The number of amidine groups is 1. The Labute approximate surface area is 174 Å². The molecule has 1 aliphatic heterocycles. The summed E-state index contributed by atoms with van der Waals surface area (Å²) in [6, 6.07) is 21.6. The summed E-state index contributed by atoms with van der Waals surface area (Å²) in [4.78, 5) is 29.9. The van der Waals surface area contributed by atoms with E-state index in [4.69, 9.17) is 0 Å². The van der Waals surface area contributed by atoms with E-state index in [1.807, 2.05) is 62.4 Å². The minimum atomic E-state index is -0.454. The predicted molar refractivity (Wildman–Crippen MR) is 117 cm³/mol. The maximum atomic E-state index is 13.3. The highest BCUT2D eigenvalue weighted by atomic mass is 16.6. The molecule has 0 aliphatic carbocycles. The maximum Gasteiger partial charge on any atom is 0.282 e. The Bertz CT molecular complexity index is 1180. The smallest absolute Gasteiger partial charge is 0.266 e. The Morgan fingerprint density at radius 3 is 2.00 bits per heavy atom. The first-order valence-electron chi connectivity index (χ1n) is 9.45. The number of carbonyl (C=O) groups is 1. The molecule has 0 aromatic heterocycles. The number of nitro groups is 1. The van der Waals surface area contributed by atoms with Crippen LogP contribution in [0.25, 0.3) is 6.08 Å². The van der Waals surface area contributed by atoms with Gasteiger partial charge in [0.2, 0.25) is 0 Å². The number of amides is 1. The summed E-state index contributed by atoms with van der Waals surface area (Å²) in [5.41, 5.74) is 4.73. The number of rotatable bonds is 4. The second kappa shape index (κ2) is 7.75. The van der Waals surface area contributed by atoms with Crippen molar-refractivity contribution < 1.29 is 9.72 Å². The van der Waals surface area contributed by atoms with E-state index in [2.05, 4.69) is 4.99 Å². The summed E-state index contributed by atoms with van der Waals surface area (Å²) in [6.07, 6.45) is 1.65. The highest BCUT2D eigenvalue weighted by Gasteiger charge is 2.32. The van der Waals surface area contributed by atoms with Crippen molar-refractivity contribution in [3.8, 4) is 0 Å². The van der Waals surface area contributed by atoms with Crippen molar-refractivity contribution in [1.82, 2.24) is 0 Å². The number of aliphatic imine (C=N–C) groups is 1. The lowest BCUT2D eigenvalue weighted by Crippen LogP contribution is -2.32. The van der Waals surface area contributed by atoms with Gasteiger partial charge in [-0.1, -0.05) is 47.5 Å². The van der Waals surface area contributed by atoms with Gasteiger partial charge in [0.25, 0.3) is 11.6 Å². The van der Waals surface area contributed by atoms with Gasteiger partial charge in [-0.25, -0.2) is 4.99 Å². The third kappa shape index (κ3) is 3.75. The average Bonchev–Trinajstić information content (AvgIpc) is 3.06. The third-order valence-corrected chi connectivity index (χ3v) is 4.87. The summed E-state index contributed by atoms with van der Waals surface area (Å²) in [7, 11) is 0. The van der Waals surface area contributed by atoms with Crippen molar-refractivity contribution in [3.63, 3.8) is 0 Å². The molecule has 148 valence electrons. The Hall–Kier alpha value is -4.06. The van der Waals surface area contributed by atoms with Crippen molar-refractivity contribution in [2.75, 3.05) is 4.90 Å². The number of carbonyl (C=O) groups excluding carboxylic acids is 1. The maximum absolute atomic E-state index is 13.3. The minimum absolute atomic E-state index is 0.0000241. The number of aryl methyl sites for hydroxylation is 2. The van der Waals surface area contributed by atoms with Crippen molar-refractivity contribution >= 4 is 29.2 Å². The molecule has 1 heterocycles. The fourth-order valence-electron chi connectivity index (χ4n) is 3.20. The van der Waals surface area contributed by atoms with Crippen LogP contribution in [-0.2, 0) is 4.79 Å². The Morgan fingerprint density at radius 1 is 0.867 bits per heavy atom. The summed E-state index contributed by atoms with van der Waals surface area (Å²) < 4.78 is 0. The summed E-state index contributed by atoms with van der Waals surface area (Å²) in [5.74, 6) is 0.310. The second-order valence-electron chi connectivity index (χ2n) is 7.16. The van der Waals surface area contributed by atoms with Crippen LogP contribution in [0.3, 0.4) is 0 Å². The molecule has 30 heavy (non-hydrogen) atoms. The number of benzene rings is 3. The zero-order valence-electron chi connectivity index (χ0n) is 16.6. The fraction of sp³-hybridized carbons (Fsp3) is 0.0833. The van der Waals surface area contributed by atoms with Crippen LogP contribution in [0.1, 0.15) is 22.3 Å². The SMILES string of the molecule is Cc1ccc(C2=N/C(=C/c3ccc([N+](=O)[O-])cc3)C(=O)N2c2ccc(C)cc2)cc1. The lowest BCUT2D eigenvalue weighted by molar-refractivity contribution is -0.384. The summed E-state index contributed by atoms with van der Waals surface area (Å²) in [6.45, 7) is 3.99. The van der Waals surface area contributed by atoms with E-state index in [1.165, 1.54) is 12.1 Å². The van der Waals surface area contributed by atoms with Crippen LogP contribution in [0.15, 0.2) is 83.5 Å². The second-order valence-corrected chi connectivity index (χ2v) is 7.16. The van der Waals surface area contributed by atoms with E-state index in [0.29, 0.717) is 11.4 Å². The van der Waals surface area contributed by atoms with E-state index in [0.717, 1.165) is 22.4 Å². The molecule has 4 rings (SSSR count). The third-order valence-electron chi connectivity index (χ3n) is 4.87. The monoisotopic (exact) mass is 397 g/mol. The molecule has 6 heteroatoms. The molecule has 0 atom stereocenters. The van der Waals surface area contributed by atoms with Gasteiger partial charge in [-0.15, -0.1) is 0 Å². The van der Waals surface area contributed by atoms with E-state index >= 15 is 0 Å². The molecule has 1 aliphatic rings. The van der Waals surface area contributed by atoms with Crippen LogP contribution in [-0.4, -0.2) is 16.7 Å². The van der Waals surface area contributed by atoms with Crippen LogP contribution in [0, 0.1) is 24.0 Å². The van der Waals surface area contributed by atoms with Crippen molar-refractivity contribution in [2.24, 2.45) is 4.99 Å². The number of hydrogen-bond donors (Lipinski definition) is 0. The minimum Gasteiger partial charge on any atom is -0.266 e. The van der Waals surface area contributed by atoms with Gasteiger partial charge in [-0.2, -0.15) is 0 Å². The van der Waals surface area contributed by atoms with Crippen molar-refractivity contribution in [1.29, 1.82) is 0 Å². The van der Waals surface area contributed by atoms with E-state index < -0.39 is 4.92 Å². The number of nitro benzene ring substituents is 1. The Morgan fingerprint density at radius 2 is 1.43 bits per heavy atom. The highest BCUT2D eigenvalue weighted by molar-refractivity contribution is 6.33. The summed E-state index contributed by atoms with van der Waals surface area (Å²) in [5, 5.41) is 10.9. The first kappa shape index (κ1) is 19.3. The zero-order chi connectivity index (χ0) is 21.3. The Balaban J connectivity index is 1.78. The number of non-ortho nitro benzene ring substituents is 1. The van der Waals surface area contributed by atoms with Gasteiger partial charge in [-0.05, 0) is 49.8 Å². The number of anilines is 1. The molecule has 0 bridgehead atoms. The van der Waals surface area contributed by atoms with Crippen LogP contribution >= 0.6 is 0 Å². The van der Waals surface area contributed by atoms with Crippen LogP contribution in [0.2, 0.25) is 0 Å². The lowest BCUT2D eigenvalue weighted by Gasteiger charge is -2.19. The van der Waals surface area contributed by atoms with E-state index in [1.54, 1.807) is 23.1 Å². The van der Waals surface area contributed by atoms with Crippen molar-refractivity contribution in [3.05, 3.63) is 111 Å². The van der Waals surface area contributed by atoms with Gasteiger partial charge < -0.3 is 0 Å². The number of hydrogen-bond acceptors (Lipinski definition) is 4. The quantitative estimate of drug-likeness (QED) is 0.351. The normalized spacial score (nSPS) is 14.9. The molecular weight excluding hydrogens is 378 g/mol.